The van der Waals surface area contributed by atoms with E-state index in [2.05, 4.69) is 54.5 Å². The molecule has 18 heavy (non-hydrogen) atoms. The number of anilines is 1. The lowest BCUT2D eigenvalue weighted by molar-refractivity contribution is -0.120. The topological polar surface area (TPSA) is 70.2 Å². The first kappa shape index (κ1) is 15.2. The van der Waals surface area contributed by atoms with Crippen LogP contribution in [0.15, 0.2) is 22.7 Å². The fourth-order valence-electron chi connectivity index (χ4n) is 1.19. The lowest BCUT2D eigenvalue weighted by Gasteiger charge is -2.16. The van der Waals surface area contributed by atoms with Crippen LogP contribution in [0.5, 0.6) is 0 Å². The summed E-state index contributed by atoms with van der Waals surface area (Å²) in [6.45, 7) is 1.69. The van der Waals surface area contributed by atoms with Gasteiger partial charge in [0.05, 0.1) is 0 Å². The minimum absolute atomic E-state index is 0.384. The van der Waals surface area contributed by atoms with Gasteiger partial charge in [-0.15, -0.1) is 0 Å². The van der Waals surface area contributed by atoms with Crippen LogP contribution in [0.25, 0.3) is 0 Å². The number of amides is 3. The van der Waals surface area contributed by atoms with Crippen molar-refractivity contribution in [1.29, 1.82) is 0 Å². The van der Waals surface area contributed by atoms with Crippen LogP contribution < -0.4 is 16.0 Å². The van der Waals surface area contributed by atoms with Crippen LogP contribution in [0.4, 0.5) is 10.5 Å². The third-order valence-electron chi connectivity index (χ3n) is 2.16. The molecule has 0 aliphatic rings. The molecule has 0 saturated heterocycles. The average molecular weight is 426 g/mol. The first-order valence-electron chi connectivity index (χ1n) is 5.18. The summed E-state index contributed by atoms with van der Waals surface area (Å²) in [5.74, 6) is -0.384. The molecule has 0 bridgehead atoms. The maximum atomic E-state index is 11.7. The van der Waals surface area contributed by atoms with E-state index in [9.17, 15) is 9.59 Å². The van der Waals surface area contributed by atoms with Crippen LogP contribution in [-0.4, -0.2) is 25.0 Å². The number of rotatable bonds is 3. The van der Waals surface area contributed by atoms with E-state index >= 15 is 0 Å². The van der Waals surface area contributed by atoms with Crippen LogP contribution in [-0.2, 0) is 4.79 Å². The lowest BCUT2D eigenvalue weighted by atomic mass is 10.2. The van der Waals surface area contributed by atoms with Gasteiger partial charge < -0.3 is 10.6 Å². The molecule has 3 N–H and O–H groups in total. The molecule has 0 spiro atoms. The molecule has 1 aromatic rings. The molecule has 1 aromatic carbocycles. The molecule has 0 aromatic heterocycles. The van der Waals surface area contributed by atoms with Crippen LogP contribution in [0.3, 0.4) is 0 Å². The third-order valence-corrected chi connectivity index (χ3v) is 3.59. The van der Waals surface area contributed by atoms with Gasteiger partial charge in [-0.25, -0.2) is 4.79 Å². The molecule has 0 heterocycles. The van der Waals surface area contributed by atoms with E-state index in [1.807, 2.05) is 18.2 Å². The number of benzene rings is 1. The fourth-order valence-corrected chi connectivity index (χ4v) is 2.04. The molecule has 1 unspecified atom stereocenters. The molecule has 0 aliphatic heterocycles. The quantitative estimate of drug-likeness (QED) is 0.651. The second-order valence-corrected chi connectivity index (χ2v) is 5.64. The van der Waals surface area contributed by atoms with Gasteiger partial charge in [0.15, 0.2) is 0 Å². The monoisotopic (exact) mass is 425 g/mol. The number of urea groups is 1. The van der Waals surface area contributed by atoms with Crippen molar-refractivity contribution >= 4 is 56.1 Å². The standard InChI is InChI=1S/C11H13BrIN3O2/c1-6(10(17)16-11(18)14-2)15-9-5-7(12)3-4-8(9)13/h3-6,15H,1-2H3,(H2,14,16,17,18). The van der Waals surface area contributed by atoms with Crippen molar-refractivity contribution in [2.24, 2.45) is 0 Å². The minimum Gasteiger partial charge on any atom is -0.373 e. The van der Waals surface area contributed by atoms with Crippen LogP contribution in [0.2, 0.25) is 0 Å². The Hall–Kier alpha value is -0.830. The smallest absolute Gasteiger partial charge is 0.321 e. The molecule has 0 radical (unpaired) electrons. The van der Waals surface area contributed by atoms with Gasteiger partial charge in [0, 0.05) is 20.8 Å². The highest BCUT2D eigenvalue weighted by Crippen LogP contribution is 2.23. The van der Waals surface area contributed by atoms with E-state index in [0.717, 1.165) is 13.7 Å². The number of carbonyl (C=O) groups excluding carboxylic acids is 2. The maximum Gasteiger partial charge on any atom is 0.321 e. The molecule has 3 amide bonds. The van der Waals surface area contributed by atoms with Gasteiger partial charge in [-0.05, 0) is 47.7 Å². The van der Waals surface area contributed by atoms with E-state index in [1.165, 1.54) is 7.05 Å². The van der Waals surface area contributed by atoms with Crippen molar-refractivity contribution in [2.45, 2.75) is 13.0 Å². The average Bonchev–Trinajstić information content (AvgIpc) is 2.33. The summed E-state index contributed by atoms with van der Waals surface area (Å²) < 4.78 is 1.92. The predicted octanol–water partition coefficient (Wildman–Crippen LogP) is 2.31. The highest BCUT2D eigenvalue weighted by molar-refractivity contribution is 14.1. The normalized spacial score (nSPS) is 11.6. The predicted molar refractivity (Wildman–Crippen MR) is 82.5 cm³/mol. The third kappa shape index (κ3) is 4.45. The Kier molecular flexibility index (Phi) is 5.86. The molecule has 0 saturated carbocycles. The van der Waals surface area contributed by atoms with Gasteiger partial charge in [0.2, 0.25) is 5.91 Å². The number of hydrogen-bond acceptors (Lipinski definition) is 3. The second-order valence-electron chi connectivity index (χ2n) is 3.56. The SMILES string of the molecule is CNC(=O)NC(=O)C(C)Nc1cc(Br)ccc1I. The molecule has 1 atom stereocenters. The first-order chi connectivity index (χ1) is 8.43. The molecule has 5 nitrogen and oxygen atoms in total. The van der Waals surface area contributed by atoms with Crippen molar-refractivity contribution in [3.8, 4) is 0 Å². The van der Waals surface area contributed by atoms with Gasteiger partial charge in [0.1, 0.15) is 6.04 Å². The van der Waals surface area contributed by atoms with Gasteiger partial charge >= 0.3 is 6.03 Å². The molecule has 7 heteroatoms. The summed E-state index contributed by atoms with van der Waals surface area (Å²) in [6, 6.07) is 4.70. The summed E-state index contributed by atoms with van der Waals surface area (Å²) in [6.07, 6.45) is 0. The summed E-state index contributed by atoms with van der Waals surface area (Å²) >= 11 is 5.54. The Labute approximate surface area is 127 Å². The number of imide groups is 1. The Bertz CT molecular complexity index is 468. The van der Waals surface area contributed by atoms with Gasteiger partial charge in [-0.3, -0.25) is 10.1 Å². The molecule has 0 aliphatic carbocycles. The summed E-state index contributed by atoms with van der Waals surface area (Å²) in [7, 11) is 1.46. The number of nitrogens with one attached hydrogen (secondary N) is 3. The Morgan fingerprint density at radius 2 is 2.06 bits per heavy atom. The number of hydrogen-bond donors (Lipinski definition) is 3. The summed E-state index contributed by atoms with van der Waals surface area (Å²) in [5.41, 5.74) is 0.838. The zero-order valence-electron chi connectivity index (χ0n) is 9.88. The van der Waals surface area contributed by atoms with Crippen LogP contribution in [0, 0.1) is 3.57 Å². The highest BCUT2D eigenvalue weighted by atomic mass is 127. The molecule has 0 fully saturated rings. The minimum atomic E-state index is -0.516. The number of halogens is 2. The van der Waals surface area contributed by atoms with Crippen molar-refractivity contribution in [2.75, 3.05) is 12.4 Å². The Morgan fingerprint density at radius 3 is 2.67 bits per heavy atom. The first-order valence-corrected chi connectivity index (χ1v) is 7.05. The number of carbonyl (C=O) groups is 2. The van der Waals surface area contributed by atoms with E-state index in [-0.39, 0.29) is 5.91 Å². The van der Waals surface area contributed by atoms with Crippen LogP contribution >= 0.6 is 38.5 Å². The van der Waals surface area contributed by atoms with Crippen molar-refractivity contribution in [1.82, 2.24) is 10.6 Å². The summed E-state index contributed by atoms with van der Waals surface area (Å²) in [4.78, 5) is 22.7. The van der Waals surface area contributed by atoms with Crippen LogP contribution in [0.1, 0.15) is 6.92 Å². The lowest BCUT2D eigenvalue weighted by Crippen LogP contribution is -2.44. The highest BCUT2D eigenvalue weighted by Gasteiger charge is 2.15. The van der Waals surface area contributed by atoms with E-state index in [0.29, 0.717) is 0 Å². The van der Waals surface area contributed by atoms with Gasteiger partial charge in [-0.2, -0.15) is 0 Å². The molecule has 98 valence electrons. The molecule has 1 rings (SSSR count). The van der Waals surface area contributed by atoms with E-state index < -0.39 is 12.1 Å². The zero-order valence-corrected chi connectivity index (χ0v) is 13.6. The van der Waals surface area contributed by atoms with Gasteiger partial charge in [0.25, 0.3) is 0 Å². The van der Waals surface area contributed by atoms with Gasteiger partial charge in [-0.1, -0.05) is 15.9 Å². The molecular weight excluding hydrogens is 413 g/mol. The van der Waals surface area contributed by atoms with E-state index in [1.54, 1.807) is 6.92 Å². The van der Waals surface area contributed by atoms with Crippen molar-refractivity contribution < 1.29 is 9.59 Å². The Morgan fingerprint density at radius 1 is 1.39 bits per heavy atom. The van der Waals surface area contributed by atoms with Crippen molar-refractivity contribution in [3.05, 3.63) is 26.2 Å². The van der Waals surface area contributed by atoms with E-state index in [4.69, 9.17) is 0 Å². The largest absolute Gasteiger partial charge is 0.373 e. The Balaban J connectivity index is 2.69. The fraction of sp³-hybridized carbons (Fsp3) is 0.273. The molecular formula is C11H13BrIN3O2. The zero-order chi connectivity index (χ0) is 13.7. The second kappa shape index (κ2) is 6.93. The van der Waals surface area contributed by atoms with Crippen molar-refractivity contribution in [3.63, 3.8) is 0 Å². The summed E-state index contributed by atoms with van der Waals surface area (Å²) in [5, 5.41) is 7.60. The maximum absolute atomic E-state index is 11.7.